The van der Waals surface area contributed by atoms with E-state index in [4.69, 9.17) is 37.4 Å². The third kappa shape index (κ3) is 4.26. The minimum atomic E-state index is -0.946. The maximum atomic E-state index is 13.8. The summed E-state index contributed by atoms with van der Waals surface area (Å²) in [5, 5.41) is 15.4. The van der Waals surface area contributed by atoms with Crippen molar-refractivity contribution in [2.45, 2.75) is 63.0 Å². The normalized spacial score (nSPS) is 22.2. The highest BCUT2D eigenvalue weighted by Crippen LogP contribution is 2.49. The number of ether oxygens (including phenoxy) is 1. The first kappa shape index (κ1) is 25.8. The summed E-state index contributed by atoms with van der Waals surface area (Å²) in [6.07, 6.45) is 4.84. The van der Waals surface area contributed by atoms with Crippen molar-refractivity contribution in [1.82, 2.24) is 10.1 Å². The molecule has 7 rings (SSSR count). The number of carboxylic acids is 1. The second-order valence-electron chi connectivity index (χ2n) is 11.0. The fourth-order valence-electron chi connectivity index (χ4n) is 6.16. The SMILES string of the molecule is Cc1cc(C(=O)O)cc2sc(N3CCC4(OC(=O)c5c(-c6c(Cl)cccc6Cl)noc5C5CC5)CC[C@H]3C4)nc12. The van der Waals surface area contributed by atoms with E-state index in [0.29, 0.717) is 52.0 Å². The Morgan fingerprint density at radius 2 is 1.95 bits per heavy atom. The van der Waals surface area contributed by atoms with Crippen molar-refractivity contribution in [1.29, 1.82) is 0 Å². The number of anilines is 1. The highest BCUT2D eigenvalue weighted by atomic mass is 35.5. The number of carbonyl (C=O) groups is 2. The van der Waals surface area contributed by atoms with E-state index in [1.807, 2.05) is 6.92 Å². The number of piperidine rings is 1. The van der Waals surface area contributed by atoms with Gasteiger partial charge in [0.2, 0.25) is 0 Å². The lowest BCUT2D eigenvalue weighted by Gasteiger charge is -2.39. The Balaban J connectivity index is 1.15. The fourth-order valence-corrected chi connectivity index (χ4v) is 7.91. The number of fused-ring (bicyclic) bond motifs is 3. The smallest absolute Gasteiger partial charge is 0.344 e. The number of hydrogen-bond acceptors (Lipinski definition) is 8. The van der Waals surface area contributed by atoms with Crippen molar-refractivity contribution in [3.05, 3.63) is 62.8 Å². The number of hydrogen-bond donors (Lipinski definition) is 1. The van der Waals surface area contributed by atoms with Crippen LogP contribution in [0.15, 0.2) is 34.9 Å². The molecule has 11 heteroatoms. The zero-order valence-corrected chi connectivity index (χ0v) is 23.9. The minimum Gasteiger partial charge on any atom is -0.478 e. The van der Waals surface area contributed by atoms with E-state index in [0.717, 1.165) is 46.6 Å². The van der Waals surface area contributed by atoms with Crippen LogP contribution in [0.2, 0.25) is 10.0 Å². The van der Waals surface area contributed by atoms with Crippen LogP contribution in [-0.4, -0.2) is 45.4 Å². The molecule has 8 nitrogen and oxygen atoms in total. The van der Waals surface area contributed by atoms with Crippen molar-refractivity contribution >= 4 is 61.8 Å². The van der Waals surface area contributed by atoms with E-state index >= 15 is 0 Å². The predicted molar refractivity (Wildman–Crippen MR) is 153 cm³/mol. The molecule has 40 heavy (non-hydrogen) atoms. The Bertz CT molecular complexity index is 1680. The lowest BCUT2D eigenvalue weighted by Crippen LogP contribution is -2.46. The van der Waals surface area contributed by atoms with Gasteiger partial charge in [-0.15, -0.1) is 0 Å². The molecule has 4 aromatic rings. The third-order valence-corrected chi connectivity index (χ3v) is 10.0. The number of aryl methyl sites for hydroxylation is 1. The molecule has 1 N–H and O–H groups in total. The van der Waals surface area contributed by atoms with Gasteiger partial charge >= 0.3 is 11.9 Å². The van der Waals surface area contributed by atoms with E-state index in [9.17, 15) is 14.7 Å². The number of nitrogens with zero attached hydrogens (tertiary/aromatic N) is 3. The van der Waals surface area contributed by atoms with Gasteiger partial charge in [-0.3, -0.25) is 0 Å². The molecule has 2 aromatic heterocycles. The molecule has 206 valence electrons. The minimum absolute atomic E-state index is 0.143. The second-order valence-corrected chi connectivity index (χ2v) is 12.8. The van der Waals surface area contributed by atoms with Crippen molar-refractivity contribution in [3.63, 3.8) is 0 Å². The quantitative estimate of drug-likeness (QED) is 0.228. The summed E-state index contributed by atoms with van der Waals surface area (Å²) in [7, 11) is 0. The van der Waals surface area contributed by atoms with Crippen molar-refractivity contribution in [2.75, 3.05) is 11.4 Å². The summed E-state index contributed by atoms with van der Waals surface area (Å²) in [4.78, 5) is 32.5. The number of thiazole rings is 1. The van der Waals surface area contributed by atoms with Gasteiger partial charge in [-0.1, -0.05) is 45.8 Å². The monoisotopic (exact) mass is 597 g/mol. The van der Waals surface area contributed by atoms with Crippen molar-refractivity contribution in [2.24, 2.45) is 0 Å². The zero-order valence-electron chi connectivity index (χ0n) is 21.6. The van der Waals surface area contributed by atoms with Gasteiger partial charge in [0.1, 0.15) is 16.9 Å². The highest BCUT2D eigenvalue weighted by Gasteiger charge is 2.50. The lowest BCUT2D eigenvalue weighted by molar-refractivity contribution is -0.0231. The first-order valence-corrected chi connectivity index (χ1v) is 14.9. The van der Waals surface area contributed by atoms with Crippen molar-refractivity contribution in [3.8, 4) is 11.3 Å². The first-order chi connectivity index (χ1) is 19.2. The lowest BCUT2D eigenvalue weighted by atomic mass is 9.93. The van der Waals surface area contributed by atoms with Crippen LogP contribution in [-0.2, 0) is 4.74 Å². The molecular formula is C29H25Cl2N3O5S. The number of carboxylic acid groups (broad SMARTS) is 1. The molecule has 3 heterocycles. The molecule has 1 saturated heterocycles. The van der Waals surface area contributed by atoms with Crippen LogP contribution in [0.25, 0.3) is 21.5 Å². The Morgan fingerprint density at radius 3 is 2.67 bits per heavy atom. The molecule has 3 fully saturated rings. The number of halogens is 2. The van der Waals surface area contributed by atoms with Crippen LogP contribution >= 0.6 is 34.5 Å². The molecule has 0 spiro atoms. The highest BCUT2D eigenvalue weighted by molar-refractivity contribution is 7.22. The number of esters is 1. The number of benzene rings is 2. The molecule has 2 atom stereocenters. The van der Waals surface area contributed by atoms with Crippen LogP contribution in [0.4, 0.5) is 5.13 Å². The molecule has 3 aliphatic rings. The average Bonchev–Trinajstić information content (AvgIpc) is 3.37. The number of aromatic carboxylic acids is 1. The van der Waals surface area contributed by atoms with Gasteiger partial charge in [0.05, 0.1) is 25.8 Å². The van der Waals surface area contributed by atoms with E-state index in [2.05, 4.69) is 10.1 Å². The molecule has 2 aliphatic carbocycles. The predicted octanol–water partition coefficient (Wildman–Crippen LogP) is 7.50. The average molecular weight is 599 g/mol. The molecule has 2 aromatic carbocycles. The van der Waals surface area contributed by atoms with Crippen LogP contribution < -0.4 is 4.90 Å². The van der Waals surface area contributed by atoms with E-state index < -0.39 is 17.5 Å². The van der Waals surface area contributed by atoms with Gasteiger partial charge in [-0.25, -0.2) is 14.6 Å². The fraction of sp³-hybridized carbons (Fsp3) is 0.379. The third-order valence-electron chi connectivity index (χ3n) is 8.34. The zero-order chi connectivity index (χ0) is 27.8. The van der Waals surface area contributed by atoms with Gasteiger partial charge in [0.15, 0.2) is 10.9 Å². The number of aromatic nitrogens is 2. The van der Waals surface area contributed by atoms with Gasteiger partial charge in [-0.05, 0) is 62.4 Å². The molecular weight excluding hydrogens is 573 g/mol. The van der Waals surface area contributed by atoms with Gasteiger partial charge in [0, 0.05) is 36.9 Å². The summed E-state index contributed by atoms with van der Waals surface area (Å²) in [6.45, 7) is 2.57. The standard InChI is InChI=1S/C29H25Cl2N3O5S/c1-14-11-16(26(35)36)12-20-23(14)32-28(40-20)34-10-9-29(8-7-17(34)13-29)38-27(37)22-24(33-39-25(22)15-5-6-15)21-18(30)3-2-4-19(21)31/h2-4,11-12,15,17H,5-10,13H2,1H3,(H,35,36)/t17-,29?/m0/s1. The Morgan fingerprint density at radius 1 is 1.18 bits per heavy atom. The van der Waals surface area contributed by atoms with Crippen LogP contribution in [0.1, 0.15) is 76.5 Å². The molecule has 1 unspecified atom stereocenters. The van der Waals surface area contributed by atoms with Gasteiger partial charge < -0.3 is 19.3 Å². The van der Waals surface area contributed by atoms with E-state index in [-0.39, 0.29) is 17.5 Å². The summed E-state index contributed by atoms with van der Waals surface area (Å²) in [6, 6.07) is 8.70. The topological polar surface area (TPSA) is 106 Å². The van der Waals surface area contributed by atoms with E-state index in [1.54, 1.807) is 30.3 Å². The summed E-state index contributed by atoms with van der Waals surface area (Å²) < 4.78 is 12.9. The van der Waals surface area contributed by atoms with Crippen LogP contribution in [0.5, 0.6) is 0 Å². The molecule has 1 aliphatic heterocycles. The Kier molecular flexibility index (Phi) is 6.10. The molecule has 2 bridgehead atoms. The molecule has 2 saturated carbocycles. The number of rotatable bonds is 6. The first-order valence-electron chi connectivity index (χ1n) is 13.3. The van der Waals surface area contributed by atoms with E-state index in [1.165, 1.54) is 11.3 Å². The van der Waals surface area contributed by atoms with Gasteiger partial charge in [0.25, 0.3) is 0 Å². The van der Waals surface area contributed by atoms with Crippen LogP contribution in [0, 0.1) is 6.92 Å². The van der Waals surface area contributed by atoms with Crippen molar-refractivity contribution < 1.29 is 24.0 Å². The summed E-state index contributed by atoms with van der Waals surface area (Å²) >= 11 is 14.5. The molecule has 0 radical (unpaired) electrons. The Hall–Kier alpha value is -3.14. The maximum Gasteiger partial charge on any atom is 0.344 e. The number of carbonyl (C=O) groups excluding carboxylic acids is 1. The molecule has 0 amide bonds. The largest absolute Gasteiger partial charge is 0.478 e. The van der Waals surface area contributed by atoms with Crippen LogP contribution in [0.3, 0.4) is 0 Å². The Labute approximate surface area is 243 Å². The second kappa shape index (κ2) is 9.46. The van der Waals surface area contributed by atoms with Gasteiger partial charge in [-0.2, -0.15) is 0 Å². The maximum absolute atomic E-state index is 13.8. The summed E-state index contributed by atoms with van der Waals surface area (Å²) in [5.41, 5.74) is 2.49. The summed E-state index contributed by atoms with van der Waals surface area (Å²) in [5.74, 6) is -0.701.